The predicted octanol–water partition coefficient (Wildman–Crippen LogP) is 3.11. The van der Waals surface area contributed by atoms with Crippen molar-refractivity contribution in [2.24, 2.45) is 0 Å². The molecular weight excluding hydrogens is 380 g/mol. The number of halogens is 3. The molecule has 1 amide bonds. The van der Waals surface area contributed by atoms with Gasteiger partial charge in [-0.2, -0.15) is 4.39 Å². The Balaban J connectivity index is 2.39. The third-order valence-electron chi connectivity index (χ3n) is 2.91. The first kappa shape index (κ1) is 18.9. The van der Waals surface area contributed by atoms with Crippen LogP contribution in [0.3, 0.4) is 0 Å². The van der Waals surface area contributed by atoms with Gasteiger partial charge in [-0.05, 0) is 24.3 Å². The third kappa shape index (κ3) is 4.58. The molecule has 0 saturated carbocycles. The van der Waals surface area contributed by atoms with Crippen LogP contribution in [0.2, 0.25) is 5.02 Å². The van der Waals surface area contributed by atoms with Gasteiger partial charge in [0.15, 0.2) is 11.5 Å². The van der Waals surface area contributed by atoms with E-state index in [1.165, 1.54) is 6.07 Å². The van der Waals surface area contributed by atoms with E-state index in [1.54, 1.807) is 4.72 Å². The van der Waals surface area contributed by atoms with Gasteiger partial charge in [0.25, 0.3) is 5.91 Å². The second-order valence-corrected chi connectivity index (χ2v) is 7.00. The van der Waals surface area contributed by atoms with E-state index < -0.39 is 33.3 Å². The van der Waals surface area contributed by atoms with Crippen LogP contribution in [0, 0.1) is 11.6 Å². The molecule has 0 aliphatic heterocycles. The number of amides is 1. The highest BCUT2D eigenvalue weighted by atomic mass is 35.5. The molecular formula is C15H12ClF2NO5S. The summed E-state index contributed by atoms with van der Waals surface area (Å²) in [5, 5.41) is -0.214. The maximum Gasteiger partial charge on any atom is 0.268 e. The fourth-order valence-electron chi connectivity index (χ4n) is 1.89. The SMILES string of the molecule is COc1c(C(=O)NS(C)(=O)=O)ccc(Oc2ccc(F)c(Cl)c2)c1F. The number of nitrogens with one attached hydrogen (secondary N) is 1. The number of benzene rings is 2. The van der Waals surface area contributed by atoms with Crippen LogP contribution in [0.15, 0.2) is 30.3 Å². The number of ether oxygens (including phenoxy) is 2. The summed E-state index contributed by atoms with van der Waals surface area (Å²) in [7, 11) is -2.73. The molecule has 0 spiro atoms. The van der Waals surface area contributed by atoms with Crippen molar-refractivity contribution in [3.05, 3.63) is 52.6 Å². The van der Waals surface area contributed by atoms with E-state index in [9.17, 15) is 22.0 Å². The van der Waals surface area contributed by atoms with Gasteiger partial charge in [0.05, 0.1) is 24.0 Å². The van der Waals surface area contributed by atoms with E-state index in [4.69, 9.17) is 21.1 Å². The average Bonchev–Trinajstić information content (AvgIpc) is 2.51. The Morgan fingerprint density at radius 2 is 1.88 bits per heavy atom. The lowest BCUT2D eigenvalue weighted by atomic mass is 10.1. The fraction of sp³-hybridized carbons (Fsp3) is 0.133. The molecule has 0 atom stereocenters. The van der Waals surface area contributed by atoms with Crippen molar-refractivity contribution in [1.29, 1.82) is 0 Å². The lowest BCUT2D eigenvalue weighted by Crippen LogP contribution is -2.29. The Morgan fingerprint density at radius 3 is 2.44 bits per heavy atom. The zero-order valence-electron chi connectivity index (χ0n) is 13.0. The molecule has 0 unspecified atom stereocenters. The highest BCUT2D eigenvalue weighted by Crippen LogP contribution is 2.34. The molecule has 2 rings (SSSR count). The minimum absolute atomic E-state index is 0.0562. The van der Waals surface area contributed by atoms with Crippen LogP contribution in [-0.2, 0) is 10.0 Å². The van der Waals surface area contributed by atoms with Crippen molar-refractivity contribution in [1.82, 2.24) is 4.72 Å². The van der Waals surface area contributed by atoms with Gasteiger partial charge in [0, 0.05) is 6.07 Å². The number of carbonyl (C=O) groups is 1. The zero-order chi connectivity index (χ0) is 18.8. The van der Waals surface area contributed by atoms with E-state index >= 15 is 0 Å². The van der Waals surface area contributed by atoms with Crippen LogP contribution in [0.4, 0.5) is 8.78 Å². The molecule has 0 bridgehead atoms. The zero-order valence-corrected chi connectivity index (χ0v) is 14.5. The maximum absolute atomic E-state index is 14.5. The number of hydrogen-bond acceptors (Lipinski definition) is 5. The molecule has 0 aliphatic carbocycles. The highest BCUT2D eigenvalue weighted by molar-refractivity contribution is 7.89. The summed E-state index contributed by atoms with van der Waals surface area (Å²) in [6, 6.07) is 5.65. The van der Waals surface area contributed by atoms with Crippen molar-refractivity contribution >= 4 is 27.5 Å². The Hall–Kier alpha value is -2.39. The molecule has 0 fully saturated rings. The third-order valence-corrected chi connectivity index (χ3v) is 3.75. The highest BCUT2D eigenvalue weighted by Gasteiger charge is 2.22. The van der Waals surface area contributed by atoms with Gasteiger partial charge in [0.1, 0.15) is 11.6 Å². The molecule has 0 radical (unpaired) electrons. The van der Waals surface area contributed by atoms with Crippen molar-refractivity contribution < 1.29 is 31.5 Å². The minimum atomic E-state index is -3.84. The topological polar surface area (TPSA) is 81.7 Å². The molecule has 0 aromatic heterocycles. The lowest BCUT2D eigenvalue weighted by Gasteiger charge is -2.13. The van der Waals surface area contributed by atoms with E-state index in [-0.39, 0.29) is 22.1 Å². The summed E-state index contributed by atoms with van der Waals surface area (Å²) >= 11 is 5.62. The quantitative estimate of drug-likeness (QED) is 0.847. The average molecular weight is 392 g/mol. The van der Waals surface area contributed by atoms with E-state index in [2.05, 4.69) is 0 Å². The number of sulfonamides is 1. The van der Waals surface area contributed by atoms with Gasteiger partial charge in [-0.3, -0.25) is 4.79 Å². The molecule has 6 nitrogen and oxygen atoms in total. The summed E-state index contributed by atoms with van der Waals surface area (Å²) < 4.78 is 61.7. The summed E-state index contributed by atoms with van der Waals surface area (Å²) in [6.45, 7) is 0. The van der Waals surface area contributed by atoms with Gasteiger partial charge in [-0.15, -0.1) is 0 Å². The van der Waals surface area contributed by atoms with Gasteiger partial charge in [-0.25, -0.2) is 17.5 Å². The van der Waals surface area contributed by atoms with Crippen LogP contribution in [0.25, 0.3) is 0 Å². The Bertz CT molecular complexity index is 934. The Kier molecular flexibility index (Phi) is 5.48. The number of carbonyl (C=O) groups excluding carboxylic acids is 1. The normalized spacial score (nSPS) is 11.1. The van der Waals surface area contributed by atoms with E-state index in [1.807, 2.05) is 0 Å². The molecule has 0 saturated heterocycles. The predicted molar refractivity (Wildman–Crippen MR) is 86.7 cm³/mol. The molecule has 2 aromatic carbocycles. The fourth-order valence-corrected chi connectivity index (χ4v) is 2.50. The molecule has 1 N–H and O–H groups in total. The Labute approximate surface area is 147 Å². The van der Waals surface area contributed by atoms with Crippen molar-refractivity contribution in [2.75, 3.05) is 13.4 Å². The largest absolute Gasteiger partial charge is 0.493 e. The smallest absolute Gasteiger partial charge is 0.268 e. The summed E-state index contributed by atoms with van der Waals surface area (Å²) in [6.07, 6.45) is 0.781. The van der Waals surface area contributed by atoms with Crippen LogP contribution < -0.4 is 14.2 Å². The number of rotatable bonds is 5. The van der Waals surface area contributed by atoms with Crippen LogP contribution in [0.1, 0.15) is 10.4 Å². The maximum atomic E-state index is 14.5. The van der Waals surface area contributed by atoms with Crippen molar-refractivity contribution in [2.45, 2.75) is 0 Å². The summed E-state index contributed by atoms with van der Waals surface area (Å²) in [5.74, 6) is -3.54. The summed E-state index contributed by atoms with van der Waals surface area (Å²) in [4.78, 5) is 11.9. The van der Waals surface area contributed by atoms with Crippen LogP contribution in [0.5, 0.6) is 17.2 Å². The number of methoxy groups -OCH3 is 1. The first-order valence-electron chi connectivity index (χ1n) is 6.64. The molecule has 0 heterocycles. The second-order valence-electron chi connectivity index (χ2n) is 4.84. The first-order valence-corrected chi connectivity index (χ1v) is 8.91. The monoisotopic (exact) mass is 391 g/mol. The molecule has 0 aliphatic rings. The standard InChI is InChI=1S/C15H12ClF2NO5S/c1-23-14-9(15(20)19-25(2,21)22)4-6-12(13(14)18)24-8-3-5-11(17)10(16)7-8/h3-7H,1-2H3,(H,19,20). The summed E-state index contributed by atoms with van der Waals surface area (Å²) in [5.41, 5.74) is -0.338. The van der Waals surface area contributed by atoms with Crippen molar-refractivity contribution in [3.63, 3.8) is 0 Å². The van der Waals surface area contributed by atoms with Crippen LogP contribution >= 0.6 is 11.6 Å². The Morgan fingerprint density at radius 1 is 1.20 bits per heavy atom. The van der Waals surface area contributed by atoms with Gasteiger partial charge < -0.3 is 9.47 Å². The minimum Gasteiger partial charge on any atom is -0.493 e. The van der Waals surface area contributed by atoms with Gasteiger partial charge in [-0.1, -0.05) is 11.6 Å². The molecule has 2 aromatic rings. The van der Waals surface area contributed by atoms with E-state index in [0.29, 0.717) is 0 Å². The molecule has 134 valence electrons. The second kappa shape index (κ2) is 7.24. The molecule has 25 heavy (non-hydrogen) atoms. The number of hydrogen-bond donors (Lipinski definition) is 1. The lowest BCUT2D eigenvalue weighted by molar-refractivity contribution is 0.0977. The van der Waals surface area contributed by atoms with E-state index in [0.717, 1.165) is 37.6 Å². The first-order chi connectivity index (χ1) is 11.6. The van der Waals surface area contributed by atoms with Gasteiger partial charge >= 0.3 is 0 Å². The van der Waals surface area contributed by atoms with Crippen molar-refractivity contribution in [3.8, 4) is 17.2 Å². The molecule has 10 heteroatoms. The van der Waals surface area contributed by atoms with Crippen LogP contribution in [-0.4, -0.2) is 27.7 Å². The van der Waals surface area contributed by atoms with Gasteiger partial charge in [0.2, 0.25) is 15.8 Å².